The summed E-state index contributed by atoms with van der Waals surface area (Å²) in [6.45, 7) is 6.96. The van der Waals surface area contributed by atoms with Gasteiger partial charge in [-0.15, -0.1) is 0 Å². The van der Waals surface area contributed by atoms with Crippen molar-refractivity contribution in [2.75, 3.05) is 17.5 Å². The number of amides is 2. The number of nitrogens with one attached hydrogen (secondary N) is 1. The van der Waals surface area contributed by atoms with E-state index in [1.807, 2.05) is 20.8 Å². The summed E-state index contributed by atoms with van der Waals surface area (Å²) < 4.78 is 47.8. The second-order valence-electron chi connectivity index (χ2n) is 9.54. The second kappa shape index (κ2) is 14.3. The first-order valence-corrected chi connectivity index (χ1v) is 15.1. The third kappa shape index (κ3) is 8.43. The van der Waals surface area contributed by atoms with E-state index in [-0.39, 0.29) is 29.1 Å². The number of halogens is 2. The van der Waals surface area contributed by atoms with Gasteiger partial charge in [-0.1, -0.05) is 30.7 Å². The predicted octanol–water partition coefficient (Wildman–Crippen LogP) is 5.41. The normalized spacial score (nSPS) is 12.7. The summed E-state index contributed by atoms with van der Waals surface area (Å²) in [5.41, 5.74) is 0.754. The van der Waals surface area contributed by atoms with Crippen molar-refractivity contribution >= 4 is 39.1 Å². The number of anilines is 1. The minimum absolute atomic E-state index is 0.00877. The number of sulfonamides is 1. The zero-order chi connectivity index (χ0) is 30.2. The van der Waals surface area contributed by atoms with E-state index >= 15 is 0 Å². The second-order valence-corrected chi connectivity index (χ2v) is 11.8. The van der Waals surface area contributed by atoms with Crippen LogP contribution in [0, 0.1) is 5.82 Å². The molecule has 3 aromatic rings. The highest BCUT2D eigenvalue weighted by Crippen LogP contribution is 2.26. The Bertz CT molecular complexity index is 1440. The van der Waals surface area contributed by atoms with Crippen LogP contribution in [0.3, 0.4) is 0 Å². The molecule has 0 aliphatic heterocycles. The zero-order valence-electron chi connectivity index (χ0n) is 23.5. The lowest BCUT2D eigenvalue weighted by atomic mass is 10.1. The molecular formula is C30H35ClFN3O5S. The van der Waals surface area contributed by atoms with Crippen LogP contribution in [0.2, 0.25) is 5.02 Å². The molecule has 3 aromatic carbocycles. The van der Waals surface area contributed by atoms with Crippen molar-refractivity contribution in [1.82, 2.24) is 10.2 Å². The molecule has 8 nitrogen and oxygen atoms in total. The van der Waals surface area contributed by atoms with Crippen molar-refractivity contribution < 1.29 is 27.1 Å². The number of rotatable bonds is 13. The van der Waals surface area contributed by atoms with Crippen LogP contribution in [0.1, 0.15) is 39.7 Å². The molecule has 0 aliphatic carbocycles. The summed E-state index contributed by atoms with van der Waals surface area (Å²) in [5, 5.41) is 3.34. The zero-order valence-corrected chi connectivity index (χ0v) is 25.1. The van der Waals surface area contributed by atoms with E-state index in [1.165, 1.54) is 41.3 Å². The van der Waals surface area contributed by atoms with Gasteiger partial charge in [0.05, 0.1) is 17.2 Å². The lowest BCUT2D eigenvalue weighted by molar-refractivity contribution is -0.139. The smallest absolute Gasteiger partial charge is 0.264 e. The standard InChI is InChI=1S/C30H35ClFN3O5S/c1-5-21(3)33-30(37)22(4)34(19-23-8-7-9-24(31)18-23)29(36)20-35(26-12-10-25(32)11-13-26)41(38,39)28-16-14-27(15-17-28)40-6-2/h7-18,21-22H,5-6,19-20H2,1-4H3,(H,33,37)/t21-,22-/m1/s1. The summed E-state index contributed by atoms with van der Waals surface area (Å²) in [6, 6.07) is 16.4. The fraction of sp³-hybridized carbons (Fsp3) is 0.333. The van der Waals surface area contributed by atoms with Crippen molar-refractivity contribution in [2.24, 2.45) is 0 Å². The van der Waals surface area contributed by atoms with E-state index in [9.17, 15) is 22.4 Å². The van der Waals surface area contributed by atoms with Crippen molar-refractivity contribution in [3.8, 4) is 5.75 Å². The molecule has 0 bridgehead atoms. The molecular weight excluding hydrogens is 569 g/mol. The number of hydrogen-bond donors (Lipinski definition) is 1. The van der Waals surface area contributed by atoms with Crippen molar-refractivity contribution in [3.63, 3.8) is 0 Å². The largest absolute Gasteiger partial charge is 0.494 e. The first kappa shape index (κ1) is 31.9. The highest BCUT2D eigenvalue weighted by molar-refractivity contribution is 7.92. The van der Waals surface area contributed by atoms with Crippen LogP contribution in [0.4, 0.5) is 10.1 Å². The van der Waals surface area contributed by atoms with Gasteiger partial charge in [0, 0.05) is 17.6 Å². The third-order valence-electron chi connectivity index (χ3n) is 6.53. The molecule has 2 amide bonds. The Morgan fingerprint density at radius 3 is 2.24 bits per heavy atom. The van der Waals surface area contributed by atoms with Gasteiger partial charge in [0.15, 0.2) is 0 Å². The Labute approximate surface area is 246 Å². The molecule has 220 valence electrons. The molecule has 0 heterocycles. The van der Waals surface area contributed by atoms with Gasteiger partial charge in [0.1, 0.15) is 24.2 Å². The lowest BCUT2D eigenvalue weighted by Crippen LogP contribution is -2.52. The topological polar surface area (TPSA) is 96.0 Å². The van der Waals surface area contributed by atoms with Crippen molar-refractivity contribution in [3.05, 3.63) is 89.2 Å². The molecule has 41 heavy (non-hydrogen) atoms. The molecule has 0 spiro atoms. The first-order valence-electron chi connectivity index (χ1n) is 13.3. The highest BCUT2D eigenvalue weighted by atomic mass is 35.5. The number of benzene rings is 3. The number of ether oxygens (including phenoxy) is 1. The quantitative estimate of drug-likeness (QED) is 0.282. The van der Waals surface area contributed by atoms with Gasteiger partial charge in [0.2, 0.25) is 11.8 Å². The maximum absolute atomic E-state index is 13.9. The summed E-state index contributed by atoms with van der Waals surface area (Å²) in [6.07, 6.45) is 0.694. The molecule has 3 rings (SSSR count). The van der Waals surface area contributed by atoms with Crippen LogP contribution in [0.15, 0.2) is 77.7 Å². The number of carbonyl (C=O) groups excluding carboxylic acids is 2. The molecule has 0 saturated carbocycles. The number of nitrogens with zero attached hydrogens (tertiary/aromatic N) is 2. The van der Waals surface area contributed by atoms with Crippen LogP contribution < -0.4 is 14.4 Å². The summed E-state index contributed by atoms with van der Waals surface area (Å²) in [4.78, 5) is 28.2. The molecule has 11 heteroatoms. The average molecular weight is 604 g/mol. The van der Waals surface area contributed by atoms with Gasteiger partial charge in [0.25, 0.3) is 10.0 Å². The highest BCUT2D eigenvalue weighted by Gasteiger charge is 2.33. The molecule has 0 aromatic heterocycles. The predicted molar refractivity (Wildman–Crippen MR) is 158 cm³/mol. The summed E-state index contributed by atoms with van der Waals surface area (Å²) >= 11 is 6.16. The van der Waals surface area contributed by atoms with Gasteiger partial charge < -0.3 is 15.0 Å². The minimum atomic E-state index is -4.29. The van der Waals surface area contributed by atoms with E-state index in [4.69, 9.17) is 16.3 Å². The monoisotopic (exact) mass is 603 g/mol. The molecule has 2 atom stereocenters. The average Bonchev–Trinajstić information content (AvgIpc) is 2.95. The van der Waals surface area contributed by atoms with Crippen molar-refractivity contribution in [1.29, 1.82) is 0 Å². The Kier molecular flexibility index (Phi) is 11.1. The van der Waals surface area contributed by atoms with Gasteiger partial charge in [-0.05, 0) is 93.4 Å². The van der Waals surface area contributed by atoms with Crippen molar-refractivity contribution in [2.45, 2.75) is 57.6 Å². The molecule has 1 N–H and O–H groups in total. The first-order chi connectivity index (χ1) is 19.5. The Morgan fingerprint density at radius 2 is 1.66 bits per heavy atom. The van der Waals surface area contributed by atoms with E-state index in [1.54, 1.807) is 31.2 Å². The van der Waals surface area contributed by atoms with Crippen LogP contribution in [-0.2, 0) is 26.2 Å². The fourth-order valence-corrected chi connectivity index (χ4v) is 5.65. The van der Waals surface area contributed by atoms with Gasteiger partial charge in [-0.2, -0.15) is 0 Å². The van der Waals surface area contributed by atoms with Crippen LogP contribution in [0.5, 0.6) is 5.75 Å². The van der Waals surface area contributed by atoms with Gasteiger partial charge in [-0.25, -0.2) is 12.8 Å². The lowest BCUT2D eigenvalue weighted by Gasteiger charge is -2.32. The maximum Gasteiger partial charge on any atom is 0.264 e. The van der Waals surface area contributed by atoms with Gasteiger partial charge in [-0.3, -0.25) is 13.9 Å². The van der Waals surface area contributed by atoms with E-state index in [0.717, 1.165) is 16.4 Å². The molecule has 0 aliphatic rings. The van der Waals surface area contributed by atoms with Crippen LogP contribution in [-0.4, -0.2) is 50.4 Å². The number of hydrogen-bond acceptors (Lipinski definition) is 5. The summed E-state index contributed by atoms with van der Waals surface area (Å²) in [5.74, 6) is -1.07. The van der Waals surface area contributed by atoms with Crippen LogP contribution in [0.25, 0.3) is 0 Å². The van der Waals surface area contributed by atoms with E-state index in [2.05, 4.69) is 5.32 Å². The minimum Gasteiger partial charge on any atom is -0.494 e. The Hall–Kier alpha value is -3.63. The fourth-order valence-electron chi connectivity index (χ4n) is 4.02. The SMILES string of the molecule is CCOc1ccc(S(=O)(=O)N(CC(=O)N(Cc2cccc(Cl)c2)[C@H](C)C(=O)N[C@H](C)CC)c2ccc(F)cc2)cc1. The Morgan fingerprint density at radius 1 is 1.00 bits per heavy atom. The van der Waals surface area contributed by atoms with Gasteiger partial charge >= 0.3 is 0 Å². The van der Waals surface area contributed by atoms with E-state index < -0.39 is 34.3 Å². The molecule has 0 fully saturated rings. The number of carbonyl (C=O) groups is 2. The maximum atomic E-state index is 13.9. The molecule has 0 radical (unpaired) electrons. The Balaban J connectivity index is 2.01. The van der Waals surface area contributed by atoms with E-state index in [0.29, 0.717) is 29.4 Å². The van der Waals surface area contributed by atoms with Crippen LogP contribution >= 0.6 is 11.6 Å². The molecule has 0 unspecified atom stereocenters. The third-order valence-corrected chi connectivity index (χ3v) is 8.55. The molecule has 0 saturated heterocycles. The summed E-state index contributed by atoms with van der Waals surface area (Å²) in [7, 11) is -4.29.